The van der Waals surface area contributed by atoms with Crippen LogP contribution in [0.3, 0.4) is 0 Å². The number of carbonyl (C=O) groups excluding carboxylic acids is 1. The number of aromatic nitrogens is 2. The minimum Gasteiger partial charge on any atom is -0.493 e. The lowest BCUT2D eigenvalue weighted by Gasteiger charge is -2.06. The van der Waals surface area contributed by atoms with Crippen LogP contribution in [-0.4, -0.2) is 33.8 Å². The maximum absolute atomic E-state index is 11.7. The molecule has 0 fully saturated rings. The Morgan fingerprint density at radius 2 is 2.19 bits per heavy atom. The van der Waals surface area contributed by atoms with E-state index in [1.165, 1.54) is 6.07 Å². The molecule has 2 rings (SSSR count). The van der Waals surface area contributed by atoms with Gasteiger partial charge in [-0.25, -0.2) is 4.79 Å². The molecule has 1 aromatic heterocycles. The van der Waals surface area contributed by atoms with Gasteiger partial charge in [-0.15, -0.1) is 0 Å². The Morgan fingerprint density at radius 1 is 1.38 bits per heavy atom. The van der Waals surface area contributed by atoms with E-state index in [0.29, 0.717) is 5.75 Å². The number of hydrogen-bond donors (Lipinski definition) is 3. The molecule has 3 N–H and O–H groups in total. The molecule has 0 saturated heterocycles. The highest BCUT2D eigenvalue weighted by Crippen LogP contribution is 2.12. The lowest BCUT2D eigenvalue weighted by molar-refractivity contribution is -0.116. The van der Waals surface area contributed by atoms with Crippen molar-refractivity contribution in [1.29, 1.82) is 0 Å². The molecule has 1 aromatic carbocycles. The number of nitrogens with one attached hydrogen (secondary N) is 2. The number of aromatic carboxylic acids is 1. The summed E-state index contributed by atoms with van der Waals surface area (Å²) >= 11 is 0. The van der Waals surface area contributed by atoms with Crippen LogP contribution in [-0.2, 0) is 4.79 Å². The third-order valence-electron chi connectivity index (χ3n) is 2.66. The topological polar surface area (TPSA) is 104 Å². The van der Waals surface area contributed by atoms with E-state index in [-0.39, 0.29) is 30.4 Å². The number of carboxylic acids is 1. The zero-order valence-electron chi connectivity index (χ0n) is 11.4. The van der Waals surface area contributed by atoms with Crippen molar-refractivity contribution in [3.05, 3.63) is 41.6 Å². The number of anilines is 1. The summed E-state index contributed by atoms with van der Waals surface area (Å²) in [6.07, 6.45) is 0.142. The lowest BCUT2D eigenvalue weighted by atomic mass is 10.2. The van der Waals surface area contributed by atoms with Crippen molar-refractivity contribution < 1.29 is 19.4 Å². The van der Waals surface area contributed by atoms with Crippen molar-refractivity contribution in [3.8, 4) is 5.75 Å². The predicted octanol–water partition coefficient (Wildman–Crippen LogP) is 1.82. The fourth-order valence-electron chi connectivity index (χ4n) is 1.67. The minimum absolute atomic E-state index is 0.0821. The normalized spacial score (nSPS) is 10.1. The van der Waals surface area contributed by atoms with Gasteiger partial charge in [-0.1, -0.05) is 12.1 Å². The number of rotatable bonds is 6. The van der Waals surface area contributed by atoms with Crippen molar-refractivity contribution in [2.75, 3.05) is 11.9 Å². The SMILES string of the molecule is Cc1cccc(OCCC(=O)Nc2cc(C(=O)O)[nH]n2)c1. The van der Waals surface area contributed by atoms with Gasteiger partial charge in [0.05, 0.1) is 13.0 Å². The number of carbonyl (C=O) groups is 2. The number of aromatic amines is 1. The molecule has 0 unspecified atom stereocenters. The number of nitrogens with zero attached hydrogens (tertiary/aromatic N) is 1. The van der Waals surface area contributed by atoms with Crippen LogP contribution in [0.25, 0.3) is 0 Å². The third kappa shape index (κ3) is 4.34. The number of benzene rings is 1. The standard InChI is InChI=1S/C14H15N3O4/c1-9-3-2-4-10(7-9)21-6-5-13(18)15-12-8-11(14(19)20)16-17-12/h2-4,7-8H,5-6H2,1H3,(H,19,20)(H2,15,16,17,18). The molecule has 1 amide bonds. The van der Waals surface area contributed by atoms with Gasteiger partial charge in [-0.3, -0.25) is 9.89 Å². The van der Waals surface area contributed by atoms with Crippen molar-refractivity contribution in [3.63, 3.8) is 0 Å². The fourth-order valence-corrected chi connectivity index (χ4v) is 1.67. The molecule has 0 atom stereocenters. The van der Waals surface area contributed by atoms with E-state index in [2.05, 4.69) is 15.5 Å². The summed E-state index contributed by atoms with van der Waals surface area (Å²) < 4.78 is 5.46. The molecule has 0 aliphatic rings. The van der Waals surface area contributed by atoms with E-state index in [0.717, 1.165) is 5.56 Å². The summed E-state index contributed by atoms with van der Waals surface area (Å²) in [5, 5.41) is 17.2. The summed E-state index contributed by atoms with van der Waals surface area (Å²) in [5.41, 5.74) is 0.996. The highest BCUT2D eigenvalue weighted by atomic mass is 16.5. The molecule has 0 aliphatic heterocycles. The Kier molecular flexibility index (Phi) is 4.55. The quantitative estimate of drug-likeness (QED) is 0.752. The summed E-state index contributed by atoms with van der Waals surface area (Å²) in [6, 6.07) is 8.78. The van der Waals surface area contributed by atoms with Crippen molar-refractivity contribution in [1.82, 2.24) is 10.2 Å². The van der Waals surface area contributed by atoms with Crippen LogP contribution in [0.1, 0.15) is 22.5 Å². The molecule has 0 saturated carbocycles. The molecule has 1 heterocycles. The molecule has 0 bridgehead atoms. The van der Waals surface area contributed by atoms with E-state index in [9.17, 15) is 9.59 Å². The molecule has 2 aromatic rings. The highest BCUT2D eigenvalue weighted by molar-refractivity contribution is 5.92. The Bertz CT molecular complexity index is 651. The van der Waals surface area contributed by atoms with E-state index in [1.54, 1.807) is 0 Å². The van der Waals surface area contributed by atoms with Gasteiger partial charge in [0.1, 0.15) is 11.4 Å². The lowest BCUT2D eigenvalue weighted by Crippen LogP contribution is -2.15. The Balaban J connectivity index is 1.78. The van der Waals surface area contributed by atoms with Crippen LogP contribution < -0.4 is 10.1 Å². The average molecular weight is 289 g/mol. The maximum atomic E-state index is 11.7. The number of carboxylic acid groups (broad SMARTS) is 1. The highest BCUT2D eigenvalue weighted by Gasteiger charge is 2.10. The molecule has 0 spiro atoms. The average Bonchev–Trinajstić information content (AvgIpc) is 2.87. The Morgan fingerprint density at radius 3 is 2.86 bits per heavy atom. The summed E-state index contributed by atoms with van der Waals surface area (Å²) in [5.74, 6) is -0.555. The van der Waals surface area contributed by atoms with Crippen molar-refractivity contribution in [2.24, 2.45) is 0 Å². The molecular formula is C14H15N3O4. The van der Waals surface area contributed by atoms with Gasteiger partial charge in [-0.05, 0) is 24.6 Å². The van der Waals surface area contributed by atoms with Crippen LogP contribution in [0.2, 0.25) is 0 Å². The number of hydrogen-bond acceptors (Lipinski definition) is 4. The van der Waals surface area contributed by atoms with Crippen LogP contribution in [0.4, 0.5) is 5.82 Å². The van der Waals surface area contributed by atoms with E-state index < -0.39 is 5.97 Å². The van der Waals surface area contributed by atoms with Gasteiger partial charge in [0.15, 0.2) is 5.82 Å². The number of H-pyrrole nitrogens is 1. The monoisotopic (exact) mass is 289 g/mol. The van der Waals surface area contributed by atoms with Crippen LogP contribution >= 0.6 is 0 Å². The molecule has 0 aliphatic carbocycles. The second kappa shape index (κ2) is 6.56. The first-order chi connectivity index (χ1) is 10.0. The predicted molar refractivity (Wildman–Crippen MR) is 75.5 cm³/mol. The molecular weight excluding hydrogens is 274 g/mol. The number of aryl methyl sites for hydroxylation is 1. The van der Waals surface area contributed by atoms with Crippen molar-refractivity contribution >= 4 is 17.7 Å². The molecule has 110 valence electrons. The van der Waals surface area contributed by atoms with Gasteiger partial charge in [0.2, 0.25) is 5.91 Å². The van der Waals surface area contributed by atoms with E-state index in [1.807, 2.05) is 31.2 Å². The summed E-state index contributed by atoms with van der Waals surface area (Å²) in [7, 11) is 0. The first-order valence-electron chi connectivity index (χ1n) is 6.32. The largest absolute Gasteiger partial charge is 0.493 e. The third-order valence-corrected chi connectivity index (χ3v) is 2.66. The second-order valence-electron chi connectivity index (χ2n) is 4.44. The Hall–Kier alpha value is -2.83. The van der Waals surface area contributed by atoms with E-state index in [4.69, 9.17) is 9.84 Å². The fraction of sp³-hybridized carbons (Fsp3) is 0.214. The van der Waals surface area contributed by atoms with Crippen molar-refractivity contribution in [2.45, 2.75) is 13.3 Å². The van der Waals surface area contributed by atoms with Crippen LogP contribution in [0, 0.1) is 6.92 Å². The number of amides is 1. The smallest absolute Gasteiger partial charge is 0.353 e. The maximum Gasteiger partial charge on any atom is 0.353 e. The van der Waals surface area contributed by atoms with Gasteiger partial charge in [0, 0.05) is 6.07 Å². The molecule has 21 heavy (non-hydrogen) atoms. The molecule has 7 nitrogen and oxygen atoms in total. The van der Waals surface area contributed by atoms with Crippen LogP contribution in [0.15, 0.2) is 30.3 Å². The second-order valence-corrected chi connectivity index (χ2v) is 4.44. The zero-order chi connectivity index (χ0) is 15.2. The zero-order valence-corrected chi connectivity index (χ0v) is 11.4. The molecule has 7 heteroatoms. The van der Waals surface area contributed by atoms with E-state index >= 15 is 0 Å². The molecule has 0 radical (unpaired) electrons. The van der Waals surface area contributed by atoms with Gasteiger partial charge >= 0.3 is 5.97 Å². The minimum atomic E-state index is -1.13. The summed E-state index contributed by atoms with van der Waals surface area (Å²) in [4.78, 5) is 22.3. The number of ether oxygens (including phenoxy) is 1. The summed E-state index contributed by atoms with van der Waals surface area (Å²) in [6.45, 7) is 2.18. The van der Waals surface area contributed by atoms with Gasteiger partial charge in [0.25, 0.3) is 0 Å². The van der Waals surface area contributed by atoms with Gasteiger partial charge in [-0.2, -0.15) is 5.10 Å². The first-order valence-corrected chi connectivity index (χ1v) is 6.32. The first kappa shape index (κ1) is 14.6. The van der Waals surface area contributed by atoms with Gasteiger partial charge < -0.3 is 15.2 Å². The Labute approximate surface area is 120 Å². The van der Waals surface area contributed by atoms with Crippen LogP contribution in [0.5, 0.6) is 5.75 Å².